The Morgan fingerprint density at radius 1 is 0.903 bits per heavy atom. The fraction of sp³-hybridized carbons (Fsp3) is 0.346. The van der Waals surface area contributed by atoms with Crippen LogP contribution in [0.15, 0.2) is 65.5 Å². The van der Waals surface area contributed by atoms with Gasteiger partial charge in [-0.15, -0.1) is 0 Å². The molecule has 3 rings (SSSR count). The van der Waals surface area contributed by atoms with Crippen molar-refractivity contribution in [2.24, 2.45) is 12.5 Å². The summed E-state index contributed by atoms with van der Waals surface area (Å²) in [6.45, 7) is 10.4. The fourth-order valence-electron chi connectivity index (χ4n) is 4.27. The summed E-state index contributed by atoms with van der Waals surface area (Å²) in [5, 5.41) is 7.65. The molecule has 0 aliphatic rings. The van der Waals surface area contributed by atoms with E-state index in [4.69, 9.17) is 0 Å². The van der Waals surface area contributed by atoms with Gasteiger partial charge in [-0.05, 0) is 31.2 Å². The minimum absolute atomic E-state index is 0.0252. The number of aromatic nitrogens is 2. The number of nitrogens with zero attached hydrogens (tertiary/aromatic N) is 2. The molecular weight excluding hydrogens is 386 g/mol. The van der Waals surface area contributed by atoms with Crippen molar-refractivity contribution in [1.29, 1.82) is 0 Å². The van der Waals surface area contributed by atoms with Crippen LogP contribution >= 0.6 is 0 Å². The third-order valence-corrected chi connectivity index (χ3v) is 5.01. The van der Waals surface area contributed by atoms with E-state index in [0.717, 1.165) is 17.5 Å². The van der Waals surface area contributed by atoms with Crippen LogP contribution in [0, 0.1) is 5.41 Å². The van der Waals surface area contributed by atoms with Crippen LogP contribution in [0.2, 0.25) is 0 Å². The maximum absolute atomic E-state index is 13.5. The van der Waals surface area contributed by atoms with Gasteiger partial charge in [0.15, 0.2) is 0 Å². The lowest BCUT2D eigenvalue weighted by molar-refractivity contribution is 0.0889. The number of rotatable bonds is 5. The second-order valence-electron chi connectivity index (χ2n) is 9.83. The Kier molecular flexibility index (Phi) is 6.16. The fourth-order valence-corrected chi connectivity index (χ4v) is 4.27. The van der Waals surface area contributed by atoms with E-state index >= 15 is 0 Å². The smallest absolute Gasteiger partial charge is 0.280 e. The van der Waals surface area contributed by atoms with Crippen molar-refractivity contribution in [2.45, 2.75) is 46.6 Å². The molecule has 2 aromatic carbocycles. The van der Waals surface area contributed by atoms with Crippen LogP contribution in [0.5, 0.6) is 0 Å². The van der Waals surface area contributed by atoms with Gasteiger partial charge >= 0.3 is 0 Å². The Labute approximate surface area is 184 Å². The zero-order valence-corrected chi connectivity index (χ0v) is 19.2. The van der Waals surface area contributed by atoms with Gasteiger partial charge < -0.3 is 5.32 Å². The standard InChI is InChI=1S/C26H31N3O2/c1-25(2,3)17-26(4,5)27-23(30)21-20(18-13-9-7-10-14-18)22(28-29(6)24(21)31)19-15-11-8-12-16-19/h7-16H,17H2,1-6H3,(H,27,30). The van der Waals surface area contributed by atoms with Crippen LogP contribution in [-0.2, 0) is 7.05 Å². The van der Waals surface area contributed by atoms with E-state index in [-0.39, 0.29) is 16.9 Å². The van der Waals surface area contributed by atoms with Crippen LogP contribution in [-0.4, -0.2) is 21.2 Å². The molecule has 1 amide bonds. The molecule has 1 aromatic heterocycles. The first-order valence-corrected chi connectivity index (χ1v) is 10.5. The predicted molar refractivity (Wildman–Crippen MR) is 126 cm³/mol. The maximum Gasteiger partial charge on any atom is 0.280 e. The monoisotopic (exact) mass is 417 g/mol. The number of benzene rings is 2. The molecule has 5 heteroatoms. The zero-order valence-electron chi connectivity index (χ0n) is 19.2. The predicted octanol–water partition coefficient (Wildman–Crippen LogP) is 5.06. The zero-order chi connectivity index (χ0) is 22.8. The molecule has 31 heavy (non-hydrogen) atoms. The summed E-state index contributed by atoms with van der Waals surface area (Å²) in [6.07, 6.45) is 0.767. The number of aryl methyl sites for hydroxylation is 1. The molecule has 0 radical (unpaired) electrons. The molecule has 1 heterocycles. The summed E-state index contributed by atoms with van der Waals surface area (Å²) in [5.74, 6) is -0.381. The summed E-state index contributed by atoms with van der Waals surface area (Å²) >= 11 is 0. The highest BCUT2D eigenvalue weighted by atomic mass is 16.2. The number of carbonyl (C=O) groups is 1. The number of hydrogen-bond acceptors (Lipinski definition) is 3. The molecule has 0 aliphatic heterocycles. The van der Waals surface area contributed by atoms with Gasteiger partial charge in [0, 0.05) is 23.7 Å². The van der Waals surface area contributed by atoms with E-state index in [0.29, 0.717) is 11.3 Å². The number of hydrogen-bond donors (Lipinski definition) is 1. The number of amides is 1. The summed E-state index contributed by atoms with van der Waals surface area (Å²) in [7, 11) is 1.58. The average molecular weight is 418 g/mol. The van der Waals surface area contributed by atoms with Crippen LogP contribution in [0.1, 0.15) is 51.4 Å². The van der Waals surface area contributed by atoms with E-state index in [2.05, 4.69) is 31.2 Å². The van der Waals surface area contributed by atoms with Crippen molar-refractivity contribution in [2.75, 3.05) is 0 Å². The van der Waals surface area contributed by atoms with Gasteiger partial charge in [0.1, 0.15) is 5.56 Å². The van der Waals surface area contributed by atoms with Crippen molar-refractivity contribution in [3.05, 3.63) is 76.6 Å². The van der Waals surface area contributed by atoms with Crippen molar-refractivity contribution < 1.29 is 4.79 Å². The molecule has 0 spiro atoms. The molecule has 0 atom stereocenters. The van der Waals surface area contributed by atoms with E-state index in [1.54, 1.807) is 7.05 Å². The van der Waals surface area contributed by atoms with E-state index in [1.165, 1.54) is 4.68 Å². The van der Waals surface area contributed by atoms with Crippen LogP contribution in [0.4, 0.5) is 0 Å². The van der Waals surface area contributed by atoms with Gasteiger partial charge in [-0.3, -0.25) is 9.59 Å². The molecule has 162 valence electrons. The Balaban J connectivity index is 2.23. The SMILES string of the molecule is Cn1nc(-c2ccccc2)c(-c2ccccc2)c(C(=O)NC(C)(C)CC(C)(C)C)c1=O. The molecule has 1 N–H and O–H groups in total. The van der Waals surface area contributed by atoms with Gasteiger partial charge in [0.2, 0.25) is 0 Å². The summed E-state index contributed by atoms with van der Waals surface area (Å²) in [4.78, 5) is 26.7. The van der Waals surface area contributed by atoms with E-state index < -0.39 is 11.1 Å². The third-order valence-electron chi connectivity index (χ3n) is 5.01. The molecule has 0 unspecified atom stereocenters. The van der Waals surface area contributed by atoms with E-state index in [9.17, 15) is 9.59 Å². The quantitative estimate of drug-likeness (QED) is 0.631. The van der Waals surface area contributed by atoms with Gasteiger partial charge in [-0.25, -0.2) is 4.68 Å². The molecular formula is C26H31N3O2. The molecule has 5 nitrogen and oxygen atoms in total. The molecule has 0 bridgehead atoms. The average Bonchev–Trinajstić information content (AvgIpc) is 2.68. The Morgan fingerprint density at radius 3 is 1.94 bits per heavy atom. The highest BCUT2D eigenvalue weighted by Gasteiger charge is 2.31. The van der Waals surface area contributed by atoms with Crippen molar-refractivity contribution in [3.8, 4) is 22.4 Å². The lowest BCUT2D eigenvalue weighted by Crippen LogP contribution is -2.47. The summed E-state index contributed by atoms with van der Waals surface area (Å²) < 4.78 is 1.25. The summed E-state index contributed by atoms with van der Waals surface area (Å²) in [6, 6.07) is 19.1. The first kappa shape index (κ1) is 22.5. The third kappa shape index (κ3) is 5.29. The topological polar surface area (TPSA) is 64.0 Å². The lowest BCUT2D eigenvalue weighted by atomic mass is 9.81. The maximum atomic E-state index is 13.5. The number of carbonyl (C=O) groups excluding carboxylic acids is 1. The van der Waals surface area contributed by atoms with Crippen LogP contribution in [0.25, 0.3) is 22.4 Å². The summed E-state index contributed by atoms with van der Waals surface area (Å²) in [5.41, 5.74) is 2.03. The van der Waals surface area contributed by atoms with Crippen LogP contribution < -0.4 is 10.9 Å². The molecule has 0 saturated heterocycles. The lowest BCUT2D eigenvalue weighted by Gasteiger charge is -2.33. The molecule has 3 aromatic rings. The van der Waals surface area contributed by atoms with Gasteiger partial charge in [-0.2, -0.15) is 5.10 Å². The highest BCUT2D eigenvalue weighted by molar-refractivity contribution is 6.04. The van der Waals surface area contributed by atoms with Gasteiger partial charge in [-0.1, -0.05) is 81.4 Å². The molecule has 0 saturated carbocycles. The Bertz CT molecular complexity index is 1130. The molecule has 0 fully saturated rings. The molecule has 0 aliphatic carbocycles. The van der Waals surface area contributed by atoms with Gasteiger partial charge in [0.05, 0.1) is 5.69 Å². The Morgan fingerprint density at radius 2 is 1.42 bits per heavy atom. The highest BCUT2D eigenvalue weighted by Crippen LogP contribution is 2.33. The van der Waals surface area contributed by atoms with Crippen molar-refractivity contribution in [1.82, 2.24) is 15.1 Å². The normalized spacial score (nSPS) is 11.9. The first-order valence-electron chi connectivity index (χ1n) is 10.5. The van der Waals surface area contributed by atoms with Crippen molar-refractivity contribution in [3.63, 3.8) is 0 Å². The van der Waals surface area contributed by atoms with Gasteiger partial charge in [0.25, 0.3) is 11.5 Å². The van der Waals surface area contributed by atoms with Crippen molar-refractivity contribution >= 4 is 5.91 Å². The second-order valence-corrected chi connectivity index (χ2v) is 9.83. The largest absolute Gasteiger partial charge is 0.347 e. The second kappa shape index (κ2) is 8.50. The first-order chi connectivity index (χ1) is 14.5. The minimum Gasteiger partial charge on any atom is -0.347 e. The van der Waals surface area contributed by atoms with Crippen LogP contribution in [0.3, 0.4) is 0 Å². The van der Waals surface area contributed by atoms with E-state index in [1.807, 2.05) is 74.5 Å². The Hall–Kier alpha value is -3.21. The number of nitrogens with one attached hydrogen (secondary N) is 1. The minimum atomic E-state index is -0.482.